The van der Waals surface area contributed by atoms with Crippen LogP contribution in [0.3, 0.4) is 0 Å². The van der Waals surface area contributed by atoms with Crippen LogP contribution in [0.4, 0.5) is 5.69 Å². The molecule has 1 aromatic heterocycles. The summed E-state index contributed by atoms with van der Waals surface area (Å²) in [6.07, 6.45) is 2.02. The molecule has 2 amide bonds. The molecule has 1 aliphatic heterocycles. The molecule has 182 valence electrons. The molecule has 1 saturated heterocycles. The average molecular weight is 491 g/mol. The Hall–Kier alpha value is -3.45. The van der Waals surface area contributed by atoms with Gasteiger partial charge in [0.1, 0.15) is 0 Å². The SMILES string of the molecule is CCOC(=O)CC(c1ccccc1)C1CCN(C(=O)c2ccc(NC(=O)c3cccs3)cc2)CC1. The molecule has 0 spiro atoms. The number of benzene rings is 2. The van der Waals surface area contributed by atoms with Crippen molar-refractivity contribution in [2.24, 2.45) is 5.92 Å². The highest BCUT2D eigenvalue weighted by Crippen LogP contribution is 2.36. The Balaban J connectivity index is 1.36. The van der Waals surface area contributed by atoms with Gasteiger partial charge in [0, 0.05) is 24.3 Å². The molecule has 1 unspecified atom stereocenters. The van der Waals surface area contributed by atoms with E-state index in [2.05, 4.69) is 17.4 Å². The Bertz CT molecular complexity index is 1120. The molecule has 1 fully saturated rings. The van der Waals surface area contributed by atoms with Crippen molar-refractivity contribution in [2.75, 3.05) is 25.0 Å². The van der Waals surface area contributed by atoms with E-state index in [0.29, 0.717) is 48.2 Å². The number of hydrogen-bond donors (Lipinski definition) is 1. The Morgan fingerprint density at radius 2 is 1.71 bits per heavy atom. The first-order valence-electron chi connectivity index (χ1n) is 12.0. The number of piperidine rings is 1. The molecule has 4 rings (SSSR count). The van der Waals surface area contributed by atoms with Crippen molar-refractivity contribution in [3.05, 3.63) is 88.1 Å². The molecular formula is C28H30N2O4S. The molecule has 1 aliphatic rings. The van der Waals surface area contributed by atoms with E-state index in [1.165, 1.54) is 11.3 Å². The highest BCUT2D eigenvalue weighted by molar-refractivity contribution is 7.12. The van der Waals surface area contributed by atoms with Gasteiger partial charge in [-0.1, -0.05) is 36.4 Å². The zero-order valence-electron chi connectivity index (χ0n) is 19.8. The molecule has 0 saturated carbocycles. The predicted molar refractivity (Wildman–Crippen MR) is 138 cm³/mol. The van der Waals surface area contributed by atoms with Crippen LogP contribution in [0.15, 0.2) is 72.1 Å². The lowest BCUT2D eigenvalue weighted by atomic mass is 9.78. The minimum Gasteiger partial charge on any atom is -0.466 e. The molecule has 2 heterocycles. The van der Waals surface area contributed by atoms with Crippen LogP contribution < -0.4 is 5.32 Å². The van der Waals surface area contributed by atoms with Crippen molar-refractivity contribution in [2.45, 2.75) is 32.1 Å². The summed E-state index contributed by atoms with van der Waals surface area (Å²) in [4.78, 5) is 40.1. The number of anilines is 1. The number of thiophene rings is 1. The fourth-order valence-corrected chi connectivity index (χ4v) is 5.26. The lowest BCUT2D eigenvalue weighted by Gasteiger charge is -2.36. The van der Waals surface area contributed by atoms with E-state index < -0.39 is 0 Å². The second-order valence-corrected chi connectivity index (χ2v) is 9.61. The first-order chi connectivity index (χ1) is 17.0. The zero-order valence-corrected chi connectivity index (χ0v) is 20.6. The van der Waals surface area contributed by atoms with Crippen molar-refractivity contribution in [3.8, 4) is 0 Å². The van der Waals surface area contributed by atoms with Gasteiger partial charge in [-0.05, 0) is 72.9 Å². The van der Waals surface area contributed by atoms with Gasteiger partial charge >= 0.3 is 5.97 Å². The Morgan fingerprint density at radius 3 is 2.34 bits per heavy atom. The average Bonchev–Trinajstić information content (AvgIpc) is 3.44. The second-order valence-electron chi connectivity index (χ2n) is 8.66. The number of rotatable bonds is 8. The number of carbonyl (C=O) groups is 3. The molecule has 2 aromatic carbocycles. The van der Waals surface area contributed by atoms with E-state index >= 15 is 0 Å². The summed E-state index contributed by atoms with van der Waals surface area (Å²) in [5, 5.41) is 4.72. The number of ether oxygens (including phenoxy) is 1. The summed E-state index contributed by atoms with van der Waals surface area (Å²) in [6.45, 7) is 3.49. The second kappa shape index (κ2) is 11.8. The van der Waals surface area contributed by atoms with E-state index in [9.17, 15) is 14.4 Å². The van der Waals surface area contributed by atoms with Gasteiger partial charge in [0.05, 0.1) is 17.9 Å². The molecule has 3 aromatic rings. The van der Waals surface area contributed by atoms with Crippen LogP contribution in [0, 0.1) is 5.92 Å². The van der Waals surface area contributed by atoms with Crippen LogP contribution in [-0.2, 0) is 9.53 Å². The van der Waals surface area contributed by atoms with Gasteiger partial charge < -0.3 is 15.0 Å². The van der Waals surface area contributed by atoms with E-state index in [4.69, 9.17) is 4.74 Å². The molecule has 1 N–H and O–H groups in total. The summed E-state index contributed by atoms with van der Waals surface area (Å²) in [7, 11) is 0. The van der Waals surface area contributed by atoms with Crippen molar-refractivity contribution >= 4 is 34.8 Å². The topological polar surface area (TPSA) is 75.7 Å². The van der Waals surface area contributed by atoms with E-state index in [-0.39, 0.29) is 23.7 Å². The third-order valence-electron chi connectivity index (χ3n) is 6.45. The molecule has 7 heteroatoms. The van der Waals surface area contributed by atoms with E-state index in [1.807, 2.05) is 41.5 Å². The van der Waals surface area contributed by atoms with Gasteiger partial charge in [0.2, 0.25) is 0 Å². The quantitative estimate of drug-likeness (QED) is 0.418. The Kier molecular flexibility index (Phi) is 8.32. The molecule has 0 aliphatic carbocycles. The third kappa shape index (κ3) is 6.36. The predicted octanol–water partition coefficient (Wildman–Crippen LogP) is 5.59. The zero-order chi connectivity index (χ0) is 24.6. The van der Waals surface area contributed by atoms with Crippen molar-refractivity contribution < 1.29 is 19.1 Å². The normalized spacial score (nSPS) is 14.8. The van der Waals surface area contributed by atoms with Crippen LogP contribution in [0.25, 0.3) is 0 Å². The lowest BCUT2D eigenvalue weighted by Crippen LogP contribution is -2.40. The number of likely N-dealkylation sites (tertiary alicyclic amines) is 1. The molecular weight excluding hydrogens is 460 g/mol. The summed E-state index contributed by atoms with van der Waals surface area (Å²) in [6, 6.07) is 20.8. The van der Waals surface area contributed by atoms with Crippen LogP contribution in [0.2, 0.25) is 0 Å². The Labute approximate surface area is 209 Å². The van der Waals surface area contributed by atoms with Crippen LogP contribution in [0.1, 0.15) is 57.7 Å². The molecule has 35 heavy (non-hydrogen) atoms. The summed E-state index contributed by atoms with van der Waals surface area (Å²) >= 11 is 1.38. The summed E-state index contributed by atoms with van der Waals surface area (Å²) < 4.78 is 5.23. The monoisotopic (exact) mass is 490 g/mol. The van der Waals surface area contributed by atoms with Crippen LogP contribution >= 0.6 is 11.3 Å². The fraction of sp³-hybridized carbons (Fsp3) is 0.321. The van der Waals surface area contributed by atoms with Gasteiger partial charge in [-0.2, -0.15) is 0 Å². The van der Waals surface area contributed by atoms with Gasteiger partial charge in [0.25, 0.3) is 11.8 Å². The van der Waals surface area contributed by atoms with E-state index in [0.717, 1.165) is 18.4 Å². The van der Waals surface area contributed by atoms with Gasteiger partial charge in [-0.15, -0.1) is 11.3 Å². The fourth-order valence-electron chi connectivity index (χ4n) is 4.64. The van der Waals surface area contributed by atoms with E-state index in [1.54, 1.807) is 30.3 Å². The number of hydrogen-bond acceptors (Lipinski definition) is 5. The smallest absolute Gasteiger partial charge is 0.306 e. The number of amides is 2. The first kappa shape index (κ1) is 24.7. The molecule has 6 nitrogen and oxygen atoms in total. The van der Waals surface area contributed by atoms with Crippen LogP contribution in [0.5, 0.6) is 0 Å². The maximum Gasteiger partial charge on any atom is 0.306 e. The maximum atomic E-state index is 13.1. The van der Waals surface area contributed by atoms with Gasteiger partial charge in [0.15, 0.2) is 0 Å². The minimum atomic E-state index is -0.175. The Morgan fingerprint density at radius 1 is 1.00 bits per heavy atom. The molecule has 1 atom stereocenters. The van der Waals surface area contributed by atoms with Gasteiger partial charge in [-0.25, -0.2) is 0 Å². The standard InChI is InChI=1S/C28H30N2O4S/c1-2-34-26(31)19-24(20-7-4-3-5-8-20)21-14-16-30(17-15-21)28(33)22-10-12-23(13-11-22)29-27(32)25-9-6-18-35-25/h3-13,18,21,24H,2,14-17,19H2,1H3,(H,29,32). The number of esters is 1. The highest BCUT2D eigenvalue weighted by Gasteiger charge is 2.31. The number of nitrogens with one attached hydrogen (secondary N) is 1. The van der Waals surface area contributed by atoms with Crippen LogP contribution in [-0.4, -0.2) is 42.4 Å². The third-order valence-corrected chi connectivity index (χ3v) is 7.32. The van der Waals surface area contributed by atoms with Crippen molar-refractivity contribution in [3.63, 3.8) is 0 Å². The number of nitrogens with zero attached hydrogens (tertiary/aromatic N) is 1. The largest absolute Gasteiger partial charge is 0.466 e. The number of carbonyl (C=O) groups excluding carboxylic acids is 3. The summed E-state index contributed by atoms with van der Waals surface area (Å²) in [5.74, 6) is 0.0451. The van der Waals surface area contributed by atoms with Gasteiger partial charge in [-0.3, -0.25) is 14.4 Å². The minimum absolute atomic E-state index is 0.0127. The maximum absolute atomic E-state index is 13.1. The summed E-state index contributed by atoms with van der Waals surface area (Å²) in [5.41, 5.74) is 2.40. The van der Waals surface area contributed by atoms with Crippen molar-refractivity contribution in [1.29, 1.82) is 0 Å². The van der Waals surface area contributed by atoms with Crippen molar-refractivity contribution in [1.82, 2.24) is 4.90 Å². The molecule has 0 radical (unpaired) electrons. The molecule has 0 bridgehead atoms. The lowest BCUT2D eigenvalue weighted by molar-refractivity contribution is -0.144. The first-order valence-corrected chi connectivity index (χ1v) is 12.9. The highest BCUT2D eigenvalue weighted by atomic mass is 32.1.